The van der Waals surface area contributed by atoms with Crippen LogP contribution < -0.4 is 14.8 Å². The number of ether oxygens (including phenoxy) is 3. The van der Waals surface area contributed by atoms with Gasteiger partial charge in [0.25, 0.3) is 0 Å². The van der Waals surface area contributed by atoms with E-state index in [2.05, 4.69) is 28.1 Å². The van der Waals surface area contributed by atoms with Gasteiger partial charge in [-0.15, -0.1) is 6.42 Å². The summed E-state index contributed by atoms with van der Waals surface area (Å²) in [6, 6.07) is 11.7. The van der Waals surface area contributed by atoms with Gasteiger partial charge in [-0.2, -0.15) is 0 Å². The van der Waals surface area contributed by atoms with E-state index in [0.717, 1.165) is 52.9 Å². The van der Waals surface area contributed by atoms with Crippen LogP contribution in [-0.2, 0) is 4.74 Å². The van der Waals surface area contributed by atoms with Crippen molar-refractivity contribution >= 4 is 22.4 Å². The molecule has 6 heteroatoms. The summed E-state index contributed by atoms with van der Waals surface area (Å²) in [6.45, 7) is 4.36. The normalized spacial score (nSPS) is 13.8. The summed E-state index contributed by atoms with van der Waals surface area (Å²) in [5.41, 5.74) is 2.48. The Hall–Kier alpha value is -3.30. The molecule has 1 aliphatic rings. The van der Waals surface area contributed by atoms with Crippen LogP contribution in [0.2, 0.25) is 0 Å². The van der Waals surface area contributed by atoms with Crippen LogP contribution in [0.15, 0.2) is 42.7 Å². The number of hydrogen-bond donors (Lipinski definition) is 1. The lowest BCUT2D eigenvalue weighted by molar-refractivity contribution is 0.0243. The fourth-order valence-corrected chi connectivity index (χ4v) is 4.58. The number of benzene rings is 2. The van der Waals surface area contributed by atoms with Crippen molar-refractivity contribution < 1.29 is 14.2 Å². The van der Waals surface area contributed by atoms with Gasteiger partial charge in [0.05, 0.1) is 25.3 Å². The van der Waals surface area contributed by atoms with Crippen molar-refractivity contribution in [3.63, 3.8) is 0 Å². The molecule has 0 saturated carbocycles. The first-order valence-corrected chi connectivity index (χ1v) is 13.8. The molecule has 2 heterocycles. The second kappa shape index (κ2) is 14.4. The Bertz CT molecular complexity index is 1170. The highest BCUT2D eigenvalue weighted by atomic mass is 16.5. The second-order valence-electron chi connectivity index (χ2n) is 9.64. The van der Waals surface area contributed by atoms with Crippen LogP contribution in [0, 0.1) is 12.3 Å². The number of unbranched alkanes of at least 4 members (excludes halogenated alkanes) is 7. The van der Waals surface area contributed by atoms with Crippen LogP contribution in [-0.4, -0.2) is 35.9 Å². The van der Waals surface area contributed by atoms with Gasteiger partial charge in [-0.05, 0) is 30.7 Å². The molecule has 0 amide bonds. The highest BCUT2D eigenvalue weighted by Gasteiger charge is 2.19. The molecule has 0 unspecified atom stereocenters. The summed E-state index contributed by atoms with van der Waals surface area (Å²) < 4.78 is 18.2. The molecule has 4 rings (SSSR count). The molecule has 1 fully saturated rings. The Morgan fingerprint density at radius 2 is 1.76 bits per heavy atom. The molecular weight excluding hydrogens is 462 g/mol. The minimum Gasteiger partial charge on any atom is -0.490 e. The first-order chi connectivity index (χ1) is 18.3. The SMILES string of the molecule is C#Cc1cccc(Nc2ncnc3cc(OCCCCCCCCCC)c(OC4CCOCC4)cc23)c1. The molecule has 0 bridgehead atoms. The van der Waals surface area contributed by atoms with Crippen molar-refractivity contribution in [2.75, 3.05) is 25.1 Å². The Morgan fingerprint density at radius 1 is 0.973 bits per heavy atom. The largest absolute Gasteiger partial charge is 0.490 e. The maximum absolute atomic E-state index is 6.45. The Balaban J connectivity index is 1.48. The minimum atomic E-state index is 0.102. The summed E-state index contributed by atoms with van der Waals surface area (Å²) in [5, 5.41) is 4.26. The van der Waals surface area contributed by atoms with E-state index in [4.69, 9.17) is 20.6 Å². The quantitative estimate of drug-likeness (QED) is 0.183. The average molecular weight is 502 g/mol. The third kappa shape index (κ3) is 8.10. The topological polar surface area (TPSA) is 65.5 Å². The average Bonchev–Trinajstić information content (AvgIpc) is 2.93. The van der Waals surface area contributed by atoms with Gasteiger partial charge in [0.15, 0.2) is 11.5 Å². The van der Waals surface area contributed by atoms with E-state index in [9.17, 15) is 0 Å². The van der Waals surface area contributed by atoms with Crippen LogP contribution in [0.3, 0.4) is 0 Å². The Morgan fingerprint density at radius 3 is 2.54 bits per heavy atom. The summed E-state index contributed by atoms with van der Waals surface area (Å²) in [6.07, 6.45) is 19.1. The molecule has 196 valence electrons. The van der Waals surface area contributed by atoms with E-state index < -0.39 is 0 Å². The van der Waals surface area contributed by atoms with E-state index >= 15 is 0 Å². The number of fused-ring (bicyclic) bond motifs is 1. The van der Waals surface area contributed by atoms with Crippen LogP contribution in [0.1, 0.15) is 76.7 Å². The van der Waals surface area contributed by atoms with Gasteiger partial charge in [0.2, 0.25) is 0 Å². The van der Waals surface area contributed by atoms with E-state index in [1.807, 2.05) is 36.4 Å². The molecule has 0 aliphatic carbocycles. The summed E-state index contributed by atoms with van der Waals surface area (Å²) in [7, 11) is 0. The van der Waals surface area contributed by atoms with Crippen LogP contribution in [0.4, 0.5) is 11.5 Å². The first kappa shape index (κ1) is 26.8. The van der Waals surface area contributed by atoms with Crippen LogP contribution in [0.5, 0.6) is 11.5 Å². The lowest BCUT2D eigenvalue weighted by atomic mass is 10.1. The summed E-state index contributed by atoms with van der Waals surface area (Å²) in [4.78, 5) is 9.03. The van der Waals surface area contributed by atoms with Gasteiger partial charge in [0, 0.05) is 35.5 Å². The third-order valence-electron chi connectivity index (χ3n) is 6.71. The van der Waals surface area contributed by atoms with E-state index in [0.29, 0.717) is 25.6 Å². The molecule has 6 nitrogen and oxygen atoms in total. The zero-order chi connectivity index (χ0) is 25.7. The summed E-state index contributed by atoms with van der Waals surface area (Å²) >= 11 is 0. The fraction of sp³-hybridized carbons (Fsp3) is 0.484. The smallest absolute Gasteiger partial charge is 0.163 e. The predicted octanol–water partition coefficient (Wildman–Crippen LogP) is 7.43. The standard InChI is InChI=1S/C31H39N3O3/c1-3-5-6-7-8-9-10-11-17-36-29-22-28-27(21-30(29)37-26-15-18-35-19-16-26)31(33-23-32-28)34-25-14-12-13-24(4-2)20-25/h2,12-14,20-23,26H,3,5-11,15-19H2,1H3,(H,32,33,34). The Kier molecular flexibility index (Phi) is 10.4. The van der Waals surface area contributed by atoms with Crippen molar-refractivity contribution in [3.05, 3.63) is 48.3 Å². The molecular formula is C31H39N3O3. The zero-order valence-corrected chi connectivity index (χ0v) is 22.0. The molecule has 3 aromatic rings. The van der Waals surface area contributed by atoms with Crippen molar-refractivity contribution in [1.82, 2.24) is 9.97 Å². The van der Waals surface area contributed by atoms with Gasteiger partial charge in [0.1, 0.15) is 18.2 Å². The van der Waals surface area contributed by atoms with Crippen molar-refractivity contribution in [2.24, 2.45) is 0 Å². The predicted molar refractivity (Wildman–Crippen MR) is 150 cm³/mol. The molecule has 1 N–H and O–H groups in total. The van der Waals surface area contributed by atoms with Gasteiger partial charge in [-0.25, -0.2) is 9.97 Å². The van der Waals surface area contributed by atoms with E-state index in [1.54, 1.807) is 6.33 Å². The molecule has 0 spiro atoms. The minimum absolute atomic E-state index is 0.102. The van der Waals surface area contributed by atoms with Crippen molar-refractivity contribution in [3.8, 4) is 23.8 Å². The van der Waals surface area contributed by atoms with Gasteiger partial charge in [-0.1, -0.05) is 63.9 Å². The molecule has 37 heavy (non-hydrogen) atoms. The maximum atomic E-state index is 6.45. The third-order valence-corrected chi connectivity index (χ3v) is 6.71. The maximum Gasteiger partial charge on any atom is 0.163 e. The number of nitrogens with zero attached hydrogens (tertiary/aromatic N) is 2. The van der Waals surface area contributed by atoms with Gasteiger partial charge >= 0.3 is 0 Å². The van der Waals surface area contributed by atoms with Crippen molar-refractivity contribution in [1.29, 1.82) is 0 Å². The zero-order valence-electron chi connectivity index (χ0n) is 22.0. The highest BCUT2D eigenvalue weighted by molar-refractivity contribution is 5.93. The number of aromatic nitrogens is 2. The van der Waals surface area contributed by atoms with Gasteiger partial charge < -0.3 is 19.5 Å². The van der Waals surface area contributed by atoms with Crippen LogP contribution >= 0.6 is 0 Å². The number of nitrogens with one attached hydrogen (secondary N) is 1. The first-order valence-electron chi connectivity index (χ1n) is 13.8. The molecule has 1 aromatic heterocycles. The number of hydrogen-bond acceptors (Lipinski definition) is 6. The van der Waals surface area contributed by atoms with Crippen molar-refractivity contribution in [2.45, 2.75) is 77.2 Å². The molecule has 0 radical (unpaired) electrons. The van der Waals surface area contributed by atoms with E-state index in [-0.39, 0.29) is 6.10 Å². The second-order valence-corrected chi connectivity index (χ2v) is 9.64. The number of anilines is 2. The summed E-state index contributed by atoms with van der Waals surface area (Å²) in [5.74, 6) is 4.84. The molecule has 1 saturated heterocycles. The molecule has 0 atom stereocenters. The highest BCUT2D eigenvalue weighted by Crippen LogP contribution is 2.36. The monoisotopic (exact) mass is 501 g/mol. The van der Waals surface area contributed by atoms with E-state index in [1.165, 1.54) is 44.9 Å². The molecule has 1 aliphatic heterocycles. The lowest BCUT2D eigenvalue weighted by Crippen LogP contribution is -2.26. The number of terminal acetylenes is 1. The van der Waals surface area contributed by atoms with Gasteiger partial charge in [-0.3, -0.25) is 0 Å². The fourth-order valence-electron chi connectivity index (χ4n) is 4.58. The van der Waals surface area contributed by atoms with Crippen LogP contribution in [0.25, 0.3) is 10.9 Å². The Labute approximate surface area is 221 Å². The lowest BCUT2D eigenvalue weighted by Gasteiger charge is -2.25. The number of rotatable bonds is 14. The molecule has 2 aromatic carbocycles.